The summed E-state index contributed by atoms with van der Waals surface area (Å²) < 4.78 is 51.0. The van der Waals surface area contributed by atoms with Crippen molar-refractivity contribution in [2.45, 2.75) is 25.4 Å². The van der Waals surface area contributed by atoms with Gasteiger partial charge in [0.05, 0.1) is 25.2 Å². The lowest BCUT2D eigenvalue weighted by Gasteiger charge is -2.31. The van der Waals surface area contributed by atoms with E-state index in [1.807, 2.05) is 0 Å². The lowest BCUT2D eigenvalue weighted by molar-refractivity contribution is -0.140. The minimum absolute atomic E-state index is 0.0990. The van der Waals surface area contributed by atoms with Crippen molar-refractivity contribution < 1.29 is 22.6 Å². The van der Waals surface area contributed by atoms with E-state index < -0.39 is 18.8 Å². The quantitative estimate of drug-likeness (QED) is 0.513. The van der Waals surface area contributed by atoms with Crippen LogP contribution in [0.15, 0.2) is 24.9 Å². The van der Waals surface area contributed by atoms with Gasteiger partial charge in [-0.3, -0.25) is 14.9 Å². The molecule has 3 aromatic heterocycles. The zero-order valence-electron chi connectivity index (χ0n) is 17.4. The molecule has 10 nitrogen and oxygen atoms in total. The standard InChI is InChI=1S/C19H23F3N8O2/c1-31-6-4-25-17-15-18(30(12-26-15)11-19(20,21)22)28-16(27-17)14-10-29(5-7-32-14)9-13-8-23-2-3-24-13/h2-3,8,12,14H,4-7,9-11H2,1H3,(H,25,27,28). The molecule has 32 heavy (non-hydrogen) atoms. The Bertz CT molecular complexity index is 1030. The molecule has 0 saturated carbocycles. The van der Waals surface area contributed by atoms with Crippen LogP contribution in [0.1, 0.15) is 17.6 Å². The molecule has 172 valence electrons. The third-order valence-corrected chi connectivity index (χ3v) is 4.87. The zero-order valence-corrected chi connectivity index (χ0v) is 17.4. The largest absolute Gasteiger partial charge is 0.406 e. The van der Waals surface area contributed by atoms with Crippen molar-refractivity contribution in [2.75, 3.05) is 45.3 Å². The number of anilines is 1. The van der Waals surface area contributed by atoms with Gasteiger partial charge in [0.15, 0.2) is 17.3 Å². The number of fused-ring (bicyclic) bond motifs is 1. The zero-order chi connectivity index (χ0) is 22.6. The molecular formula is C19H23F3N8O2. The van der Waals surface area contributed by atoms with E-state index in [1.54, 1.807) is 25.7 Å². The van der Waals surface area contributed by atoms with Crippen molar-refractivity contribution in [3.63, 3.8) is 0 Å². The number of nitrogens with zero attached hydrogens (tertiary/aromatic N) is 7. The smallest absolute Gasteiger partial charge is 0.383 e. The predicted octanol–water partition coefficient (Wildman–Crippen LogP) is 1.81. The topological polar surface area (TPSA) is 103 Å². The van der Waals surface area contributed by atoms with Gasteiger partial charge in [0, 0.05) is 51.9 Å². The van der Waals surface area contributed by atoms with Crippen molar-refractivity contribution in [2.24, 2.45) is 0 Å². The highest BCUT2D eigenvalue weighted by Crippen LogP contribution is 2.27. The van der Waals surface area contributed by atoms with Crippen LogP contribution in [0.3, 0.4) is 0 Å². The SMILES string of the molecule is COCCNc1nc(C2CN(Cc3cnccn3)CCO2)nc2c1ncn2CC(F)(F)F. The van der Waals surface area contributed by atoms with E-state index >= 15 is 0 Å². The van der Waals surface area contributed by atoms with Crippen LogP contribution in [-0.4, -0.2) is 80.5 Å². The monoisotopic (exact) mass is 452 g/mol. The third-order valence-electron chi connectivity index (χ3n) is 4.87. The summed E-state index contributed by atoms with van der Waals surface area (Å²) in [6, 6.07) is 0. The summed E-state index contributed by atoms with van der Waals surface area (Å²) in [5, 5.41) is 3.07. The fourth-order valence-corrected chi connectivity index (χ4v) is 3.45. The Balaban J connectivity index is 1.62. The molecule has 4 rings (SSSR count). The normalized spacial score (nSPS) is 17.7. The number of hydrogen-bond donors (Lipinski definition) is 1. The van der Waals surface area contributed by atoms with Gasteiger partial charge < -0.3 is 19.4 Å². The van der Waals surface area contributed by atoms with Gasteiger partial charge in [0.25, 0.3) is 0 Å². The number of hydrogen-bond acceptors (Lipinski definition) is 9. The third kappa shape index (κ3) is 5.47. The molecule has 1 atom stereocenters. The van der Waals surface area contributed by atoms with Gasteiger partial charge >= 0.3 is 6.18 Å². The van der Waals surface area contributed by atoms with Crippen molar-refractivity contribution in [1.29, 1.82) is 0 Å². The Hall–Kier alpha value is -2.90. The Labute approximate surface area is 181 Å². The highest BCUT2D eigenvalue weighted by molar-refractivity contribution is 5.83. The van der Waals surface area contributed by atoms with Crippen LogP contribution in [0.25, 0.3) is 11.2 Å². The average Bonchev–Trinajstić information content (AvgIpc) is 3.16. The van der Waals surface area contributed by atoms with Crippen molar-refractivity contribution in [1.82, 2.24) is 34.4 Å². The first kappa shape index (κ1) is 22.3. The lowest BCUT2D eigenvalue weighted by Crippen LogP contribution is -2.38. The van der Waals surface area contributed by atoms with Crippen LogP contribution in [0.5, 0.6) is 0 Å². The molecule has 1 aliphatic heterocycles. The van der Waals surface area contributed by atoms with Gasteiger partial charge in [0.1, 0.15) is 18.2 Å². The predicted molar refractivity (Wildman–Crippen MR) is 108 cm³/mol. The Morgan fingerprint density at radius 1 is 1.25 bits per heavy atom. The van der Waals surface area contributed by atoms with Crippen LogP contribution >= 0.6 is 0 Å². The number of imidazole rings is 1. The Kier molecular flexibility index (Phi) is 6.77. The number of methoxy groups -OCH3 is 1. The molecule has 0 radical (unpaired) electrons. The van der Waals surface area contributed by atoms with Crippen molar-refractivity contribution >= 4 is 17.0 Å². The second-order valence-electron chi connectivity index (χ2n) is 7.30. The number of nitrogens with one attached hydrogen (secondary N) is 1. The van der Waals surface area contributed by atoms with E-state index in [1.165, 1.54) is 0 Å². The average molecular weight is 452 g/mol. The molecule has 13 heteroatoms. The second kappa shape index (κ2) is 9.71. The number of rotatable bonds is 8. The summed E-state index contributed by atoms with van der Waals surface area (Å²) in [7, 11) is 1.56. The van der Waals surface area contributed by atoms with Crippen LogP contribution in [0, 0.1) is 0 Å². The molecular weight excluding hydrogens is 429 g/mol. The minimum Gasteiger partial charge on any atom is -0.383 e. The maximum absolute atomic E-state index is 13.0. The minimum atomic E-state index is -4.41. The number of aromatic nitrogens is 6. The second-order valence-corrected chi connectivity index (χ2v) is 7.30. The van der Waals surface area contributed by atoms with Gasteiger partial charge in [-0.05, 0) is 0 Å². The molecule has 1 N–H and O–H groups in total. The van der Waals surface area contributed by atoms with Gasteiger partial charge in [-0.2, -0.15) is 13.2 Å². The number of ether oxygens (including phenoxy) is 2. The Morgan fingerprint density at radius 2 is 2.12 bits per heavy atom. The molecule has 3 aromatic rings. The molecule has 4 heterocycles. The fourth-order valence-electron chi connectivity index (χ4n) is 3.45. The summed E-state index contributed by atoms with van der Waals surface area (Å²) in [5.74, 6) is 0.641. The van der Waals surface area contributed by atoms with E-state index in [2.05, 4.69) is 35.1 Å². The molecule has 0 spiro atoms. The van der Waals surface area contributed by atoms with Crippen LogP contribution in [-0.2, 0) is 22.6 Å². The van der Waals surface area contributed by atoms with E-state index in [9.17, 15) is 13.2 Å². The first-order valence-corrected chi connectivity index (χ1v) is 10.0. The molecule has 0 bridgehead atoms. The van der Waals surface area contributed by atoms with E-state index in [0.717, 1.165) is 16.6 Å². The highest BCUT2D eigenvalue weighted by atomic mass is 19.4. The van der Waals surface area contributed by atoms with Gasteiger partial charge in [-0.25, -0.2) is 15.0 Å². The lowest BCUT2D eigenvalue weighted by atomic mass is 10.2. The molecule has 1 saturated heterocycles. The maximum atomic E-state index is 13.0. The summed E-state index contributed by atoms with van der Waals surface area (Å²) in [6.07, 6.45) is 1.14. The maximum Gasteiger partial charge on any atom is 0.406 e. The van der Waals surface area contributed by atoms with Gasteiger partial charge in [0.2, 0.25) is 0 Å². The first-order valence-electron chi connectivity index (χ1n) is 10.0. The molecule has 1 fully saturated rings. The van der Waals surface area contributed by atoms with E-state index in [-0.39, 0.29) is 11.2 Å². The molecule has 1 aliphatic rings. The number of alkyl halides is 3. The summed E-state index contributed by atoms with van der Waals surface area (Å²) in [5.41, 5.74) is 1.18. The number of morpholine rings is 1. The van der Waals surface area contributed by atoms with Crippen LogP contribution in [0.4, 0.5) is 19.0 Å². The summed E-state index contributed by atoms with van der Waals surface area (Å²) in [4.78, 5) is 23.5. The van der Waals surface area contributed by atoms with Gasteiger partial charge in [-0.15, -0.1) is 0 Å². The molecule has 1 unspecified atom stereocenters. The summed E-state index contributed by atoms with van der Waals surface area (Å²) >= 11 is 0. The molecule has 0 aliphatic carbocycles. The summed E-state index contributed by atoms with van der Waals surface area (Å²) in [6.45, 7) is 1.77. The molecule has 0 aromatic carbocycles. The fraction of sp³-hybridized carbons (Fsp3) is 0.526. The Morgan fingerprint density at radius 3 is 2.88 bits per heavy atom. The molecule has 0 amide bonds. The number of halogens is 3. The van der Waals surface area contributed by atoms with Crippen molar-refractivity contribution in [3.05, 3.63) is 36.4 Å². The van der Waals surface area contributed by atoms with Gasteiger partial charge in [-0.1, -0.05) is 0 Å². The van der Waals surface area contributed by atoms with Crippen LogP contribution < -0.4 is 5.32 Å². The first-order chi connectivity index (χ1) is 15.4. The van der Waals surface area contributed by atoms with Crippen molar-refractivity contribution in [3.8, 4) is 0 Å². The van der Waals surface area contributed by atoms with E-state index in [0.29, 0.717) is 51.0 Å². The van der Waals surface area contributed by atoms with Crippen LogP contribution in [0.2, 0.25) is 0 Å². The van der Waals surface area contributed by atoms with E-state index in [4.69, 9.17) is 9.47 Å². The highest BCUT2D eigenvalue weighted by Gasteiger charge is 2.31.